The van der Waals surface area contributed by atoms with Gasteiger partial charge in [0.1, 0.15) is 11.1 Å². The van der Waals surface area contributed by atoms with E-state index < -0.39 is 0 Å². The van der Waals surface area contributed by atoms with Gasteiger partial charge in [-0.15, -0.1) is 0 Å². The first-order valence-electron chi connectivity index (χ1n) is 11.6. The van der Waals surface area contributed by atoms with Gasteiger partial charge in [-0.3, -0.25) is 0 Å². The van der Waals surface area contributed by atoms with E-state index in [1.165, 1.54) is 11.8 Å². The van der Waals surface area contributed by atoms with Gasteiger partial charge in [-0.2, -0.15) is 0 Å². The monoisotopic (exact) mass is 450 g/mol. The summed E-state index contributed by atoms with van der Waals surface area (Å²) in [7, 11) is 0. The van der Waals surface area contributed by atoms with E-state index in [4.69, 9.17) is 8.83 Å². The highest BCUT2D eigenvalue weighted by atomic mass is 16.3. The molecule has 0 radical (unpaired) electrons. The van der Waals surface area contributed by atoms with E-state index in [0.29, 0.717) is 0 Å². The van der Waals surface area contributed by atoms with Crippen molar-refractivity contribution in [2.75, 3.05) is 0 Å². The Hall–Kier alpha value is -4.83. The molecule has 0 atom stereocenters. The molecule has 3 heterocycles. The third kappa shape index (κ3) is 2.53. The van der Waals surface area contributed by atoms with Crippen molar-refractivity contribution in [3.8, 4) is 16.8 Å². The van der Waals surface area contributed by atoms with Crippen LogP contribution in [0.15, 0.2) is 118 Å². The molecule has 0 aliphatic heterocycles. The Labute approximate surface area is 199 Å². The van der Waals surface area contributed by atoms with Crippen LogP contribution in [0.1, 0.15) is 0 Å². The van der Waals surface area contributed by atoms with Crippen LogP contribution in [0.25, 0.3) is 71.7 Å². The van der Waals surface area contributed by atoms with Gasteiger partial charge < -0.3 is 13.4 Å². The molecule has 4 heteroatoms. The Kier molecular flexibility index (Phi) is 3.63. The van der Waals surface area contributed by atoms with E-state index in [1.807, 2.05) is 18.2 Å². The second-order valence-corrected chi connectivity index (χ2v) is 8.85. The number of hydrogen-bond donors (Lipinski definition) is 0. The van der Waals surface area contributed by atoms with Gasteiger partial charge in [0, 0.05) is 21.5 Å². The van der Waals surface area contributed by atoms with Crippen molar-refractivity contribution in [1.29, 1.82) is 0 Å². The Balaban J connectivity index is 1.59. The molecule has 164 valence electrons. The summed E-state index contributed by atoms with van der Waals surface area (Å²) in [6.07, 6.45) is 1.52. The molecule has 0 aliphatic carbocycles. The van der Waals surface area contributed by atoms with Crippen LogP contribution >= 0.6 is 0 Å². The van der Waals surface area contributed by atoms with Crippen molar-refractivity contribution >= 4 is 54.8 Å². The Morgan fingerprint density at radius 1 is 0.600 bits per heavy atom. The van der Waals surface area contributed by atoms with Crippen LogP contribution in [0.4, 0.5) is 0 Å². The molecule has 5 aromatic carbocycles. The summed E-state index contributed by atoms with van der Waals surface area (Å²) in [5, 5.41) is 4.54. The number of benzene rings is 5. The van der Waals surface area contributed by atoms with Gasteiger partial charge in [0.05, 0.1) is 16.7 Å². The normalized spacial score (nSPS) is 12.0. The highest BCUT2D eigenvalue weighted by molar-refractivity contribution is 6.21. The van der Waals surface area contributed by atoms with E-state index in [9.17, 15) is 0 Å². The first kappa shape index (κ1) is 18.6. The minimum absolute atomic E-state index is 0.754. The van der Waals surface area contributed by atoms with E-state index in [0.717, 1.165) is 66.3 Å². The van der Waals surface area contributed by atoms with Crippen molar-refractivity contribution in [2.45, 2.75) is 0 Å². The average Bonchev–Trinajstić information content (AvgIpc) is 3.62. The topological polar surface area (TPSA) is 44.1 Å². The van der Waals surface area contributed by atoms with Gasteiger partial charge in [-0.05, 0) is 41.5 Å². The summed E-state index contributed by atoms with van der Waals surface area (Å²) >= 11 is 0. The molecule has 35 heavy (non-hydrogen) atoms. The second-order valence-electron chi connectivity index (χ2n) is 8.85. The molecule has 0 saturated heterocycles. The zero-order valence-electron chi connectivity index (χ0n) is 18.6. The number of aromatic nitrogens is 2. The zero-order chi connectivity index (χ0) is 22.9. The Morgan fingerprint density at radius 2 is 1.37 bits per heavy atom. The lowest BCUT2D eigenvalue weighted by molar-refractivity contribution is 0.602. The molecule has 0 bridgehead atoms. The van der Waals surface area contributed by atoms with Crippen LogP contribution in [0.3, 0.4) is 0 Å². The van der Waals surface area contributed by atoms with Gasteiger partial charge in [0.15, 0.2) is 17.6 Å². The van der Waals surface area contributed by atoms with Gasteiger partial charge in [0.2, 0.25) is 0 Å². The molecule has 0 spiro atoms. The van der Waals surface area contributed by atoms with E-state index in [1.54, 1.807) is 0 Å². The average molecular weight is 450 g/mol. The zero-order valence-corrected chi connectivity index (χ0v) is 18.6. The number of hydrogen-bond acceptors (Lipinski definition) is 3. The van der Waals surface area contributed by atoms with Crippen LogP contribution < -0.4 is 0 Å². The molecule has 8 aromatic rings. The molecule has 0 amide bonds. The summed E-state index contributed by atoms with van der Waals surface area (Å²) in [5.41, 5.74) is 8.64. The summed E-state index contributed by atoms with van der Waals surface area (Å²) in [6.45, 7) is 0. The molecular weight excluding hydrogens is 432 g/mol. The number of para-hydroxylation sites is 2. The summed E-state index contributed by atoms with van der Waals surface area (Å²) in [6, 6.07) is 35.7. The largest absolute Gasteiger partial charge is 0.454 e. The van der Waals surface area contributed by atoms with Crippen molar-refractivity contribution in [1.82, 2.24) is 9.55 Å². The second kappa shape index (κ2) is 6.84. The highest BCUT2D eigenvalue weighted by Crippen LogP contribution is 2.41. The molecule has 0 fully saturated rings. The van der Waals surface area contributed by atoms with E-state index in [2.05, 4.69) is 94.5 Å². The van der Waals surface area contributed by atoms with Gasteiger partial charge >= 0.3 is 0 Å². The van der Waals surface area contributed by atoms with Gasteiger partial charge in [-0.25, -0.2) is 4.98 Å². The lowest BCUT2D eigenvalue weighted by Crippen LogP contribution is -1.96. The highest BCUT2D eigenvalue weighted by Gasteiger charge is 2.21. The minimum atomic E-state index is 0.754. The third-order valence-corrected chi connectivity index (χ3v) is 6.94. The van der Waals surface area contributed by atoms with Gasteiger partial charge in [0.25, 0.3) is 0 Å². The van der Waals surface area contributed by atoms with Crippen LogP contribution in [0.2, 0.25) is 0 Å². The number of furan rings is 1. The molecule has 0 unspecified atom stereocenters. The first-order valence-corrected chi connectivity index (χ1v) is 11.6. The molecule has 8 rings (SSSR count). The van der Waals surface area contributed by atoms with Crippen molar-refractivity contribution in [2.24, 2.45) is 0 Å². The quantitative estimate of drug-likeness (QED) is 0.265. The Bertz CT molecular complexity index is 2060. The van der Waals surface area contributed by atoms with E-state index >= 15 is 0 Å². The fraction of sp³-hybridized carbons (Fsp3) is 0. The maximum absolute atomic E-state index is 6.50. The van der Waals surface area contributed by atoms with Crippen molar-refractivity contribution < 1.29 is 8.83 Å². The number of oxazole rings is 1. The molecule has 0 N–H and O–H groups in total. The SMILES string of the molecule is c1ccc(-c2cc(-n3c4ccccc4c4ccc5c6ccccc6oc5c43)c3ncoc3c2)cc1. The molecule has 4 nitrogen and oxygen atoms in total. The molecule has 0 saturated carbocycles. The standard InChI is InChI=1S/C31H18N2O2/c1-2-8-19(9-3-1)20-16-26(29-28(17-20)34-18-32-29)33-25-12-6-4-10-21(25)23-14-15-24-22-11-5-7-13-27(22)35-31(24)30(23)33/h1-18H. The maximum atomic E-state index is 6.50. The molecular formula is C31H18N2O2. The fourth-order valence-electron chi connectivity index (χ4n) is 5.40. The van der Waals surface area contributed by atoms with Crippen LogP contribution in [0.5, 0.6) is 0 Å². The predicted octanol–water partition coefficient (Wildman–Crippen LogP) is 8.49. The van der Waals surface area contributed by atoms with Crippen molar-refractivity contribution in [3.63, 3.8) is 0 Å². The van der Waals surface area contributed by atoms with Crippen LogP contribution in [0, 0.1) is 0 Å². The number of fused-ring (bicyclic) bond motifs is 8. The fourth-order valence-corrected chi connectivity index (χ4v) is 5.40. The molecule has 0 aliphatic rings. The lowest BCUT2D eigenvalue weighted by Gasteiger charge is -2.11. The summed E-state index contributed by atoms with van der Waals surface area (Å²) in [4.78, 5) is 4.63. The van der Waals surface area contributed by atoms with E-state index in [-0.39, 0.29) is 0 Å². The minimum Gasteiger partial charge on any atom is -0.454 e. The Morgan fingerprint density at radius 3 is 2.29 bits per heavy atom. The molecule has 3 aromatic heterocycles. The lowest BCUT2D eigenvalue weighted by atomic mass is 10.0. The van der Waals surface area contributed by atoms with Gasteiger partial charge in [-0.1, -0.05) is 72.8 Å². The van der Waals surface area contributed by atoms with Crippen LogP contribution in [-0.2, 0) is 0 Å². The first-order chi connectivity index (χ1) is 17.4. The number of rotatable bonds is 2. The smallest absolute Gasteiger partial charge is 0.182 e. The third-order valence-electron chi connectivity index (χ3n) is 6.94. The number of nitrogens with zero attached hydrogens (tertiary/aromatic N) is 2. The summed E-state index contributed by atoms with van der Waals surface area (Å²) in [5.74, 6) is 0. The summed E-state index contributed by atoms with van der Waals surface area (Å²) < 4.78 is 14.6. The maximum Gasteiger partial charge on any atom is 0.182 e. The predicted molar refractivity (Wildman–Crippen MR) is 141 cm³/mol. The van der Waals surface area contributed by atoms with Crippen LogP contribution in [-0.4, -0.2) is 9.55 Å². The van der Waals surface area contributed by atoms with Crippen molar-refractivity contribution in [3.05, 3.63) is 110 Å².